The Bertz CT molecular complexity index is 887. The van der Waals surface area contributed by atoms with E-state index in [0.29, 0.717) is 35.4 Å². The largest absolute Gasteiger partial charge is 0.490 e. The van der Waals surface area contributed by atoms with E-state index in [4.69, 9.17) is 32.7 Å². The van der Waals surface area contributed by atoms with Gasteiger partial charge in [0.25, 0.3) is 5.91 Å². The van der Waals surface area contributed by atoms with E-state index in [0.717, 1.165) is 12.0 Å². The molecule has 0 saturated heterocycles. The lowest BCUT2D eigenvalue weighted by molar-refractivity contribution is -0.115. The van der Waals surface area contributed by atoms with Crippen molar-refractivity contribution in [1.29, 1.82) is 0 Å². The van der Waals surface area contributed by atoms with Gasteiger partial charge in [0, 0.05) is 5.56 Å². The smallest absolute Gasteiger partial charge is 0.251 e. The van der Waals surface area contributed by atoms with E-state index < -0.39 is 11.8 Å². The van der Waals surface area contributed by atoms with Gasteiger partial charge in [0.05, 0.1) is 35.5 Å². The summed E-state index contributed by atoms with van der Waals surface area (Å²) in [5.74, 6) is -0.0728. The Labute approximate surface area is 180 Å². The van der Waals surface area contributed by atoms with Gasteiger partial charge in [-0.3, -0.25) is 9.59 Å². The molecule has 29 heavy (non-hydrogen) atoms. The summed E-state index contributed by atoms with van der Waals surface area (Å²) in [5.41, 5.74) is 1.73. The summed E-state index contributed by atoms with van der Waals surface area (Å²) >= 11 is 12.4. The maximum atomic E-state index is 12.5. The molecule has 156 valence electrons. The molecule has 0 atom stereocenters. The number of carbonyl (C=O) groups is 2. The molecule has 2 N–H and O–H groups in total. The van der Waals surface area contributed by atoms with Gasteiger partial charge in [-0.05, 0) is 50.1 Å². The minimum absolute atomic E-state index is 0.223. The number of hydrogen-bond acceptors (Lipinski definition) is 4. The van der Waals surface area contributed by atoms with Gasteiger partial charge in [-0.15, -0.1) is 0 Å². The molecule has 0 radical (unpaired) electrons. The van der Waals surface area contributed by atoms with E-state index in [1.807, 2.05) is 26.8 Å². The number of rotatable bonds is 9. The van der Waals surface area contributed by atoms with Crippen LogP contribution in [0.4, 0.5) is 5.69 Å². The molecule has 0 fully saturated rings. The van der Waals surface area contributed by atoms with Gasteiger partial charge >= 0.3 is 0 Å². The first-order chi connectivity index (χ1) is 13.8. The summed E-state index contributed by atoms with van der Waals surface area (Å²) in [4.78, 5) is 24.6. The van der Waals surface area contributed by atoms with Crippen molar-refractivity contribution in [3.8, 4) is 11.5 Å². The van der Waals surface area contributed by atoms with E-state index in [-0.39, 0.29) is 17.1 Å². The van der Waals surface area contributed by atoms with Crippen molar-refractivity contribution in [3.05, 3.63) is 51.5 Å². The Morgan fingerprint density at radius 3 is 2.45 bits per heavy atom. The Hall–Kier alpha value is -2.44. The third-order valence-corrected chi connectivity index (χ3v) is 4.42. The predicted molar refractivity (Wildman–Crippen MR) is 116 cm³/mol. The first kappa shape index (κ1) is 22.8. The van der Waals surface area contributed by atoms with Gasteiger partial charge in [-0.1, -0.05) is 36.2 Å². The number of nitrogens with one attached hydrogen (secondary N) is 2. The molecule has 0 unspecified atom stereocenters. The van der Waals surface area contributed by atoms with Crippen molar-refractivity contribution in [2.24, 2.45) is 0 Å². The number of anilines is 1. The van der Waals surface area contributed by atoms with Crippen molar-refractivity contribution in [2.45, 2.75) is 27.2 Å². The molecule has 0 aromatic heterocycles. The third-order valence-electron chi connectivity index (χ3n) is 3.83. The average Bonchev–Trinajstić information content (AvgIpc) is 2.67. The Morgan fingerprint density at radius 1 is 1.03 bits per heavy atom. The Kier molecular flexibility index (Phi) is 8.61. The van der Waals surface area contributed by atoms with Gasteiger partial charge in [-0.25, -0.2) is 0 Å². The molecule has 2 aromatic carbocycles. The SMILES string of the molecule is CCCOc1c(Cl)cc(C(=O)NCC(=O)Nc2ccc(C)cc2Cl)cc1OCC. The van der Waals surface area contributed by atoms with Crippen molar-refractivity contribution in [1.82, 2.24) is 5.32 Å². The van der Waals surface area contributed by atoms with Crippen LogP contribution in [-0.2, 0) is 4.79 Å². The zero-order chi connectivity index (χ0) is 21.4. The first-order valence-electron chi connectivity index (χ1n) is 9.29. The summed E-state index contributed by atoms with van der Waals surface area (Å²) in [5, 5.41) is 5.92. The van der Waals surface area contributed by atoms with Crippen molar-refractivity contribution in [3.63, 3.8) is 0 Å². The zero-order valence-electron chi connectivity index (χ0n) is 16.6. The number of hydrogen-bond donors (Lipinski definition) is 2. The molecule has 8 heteroatoms. The van der Waals surface area contributed by atoms with Crippen LogP contribution in [0.2, 0.25) is 10.0 Å². The van der Waals surface area contributed by atoms with Gasteiger partial charge in [0.1, 0.15) is 0 Å². The second-order valence-electron chi connectivity index (χ2n) is 6.28. The summed E-state index contributed by atoms with van der Waals surface area (Å²) in [7, 11) is 0. The van der Waals surface area contributed by atoms with Gasteiger partial charge < -0.3 is 20.1 Å². The van der Waals surface area contributed by atoms with E-state index >= 15 is 0 Å². The fourth-order valence-electron chi connectivity index (χ4n) is 2.48. The Balaban J connectivity index is 2.04. The monoisotopic (exact) mass is 438 g/mol. The molecule has 0 heterocycles. The molecule has 6 nitrogen and oxygen atoms in total. The number of aryl methyl sites for hydroxylation is 1. The van der Waals surface area contributed by atoms with E-state index in [1.165, 1.54) is 6.07 Å². The summed E-state index contributed by atoms with van der Waals surface area (Å²) in [6.07, 6.45) is 0.810. The van der Waals surface area contributed by atoms with E-state index in [1.54, 1.807) is 18.2 Å². The van der Waals surface area contributed by atoms with Gasteiger partial charge in [0.2, 0.25) is 5.91 Å². The molecule has 0 spiro atoms. The van der Waals surface area contributed by atoms with Crippen LogP contribution in [0.1, 0.15) is 36.2 Å². The number of amides is 2. The molecule has 0 aliphatic carbocycles. The summed E-state index contributed by atoms with van der Waals surface area (Å²) in [6.45, 7) is 6.35. The molecule has 0 bridgehead atoms. The molecule has 2 rings (SSSR count). The molecular weight excluding hydrogens is 415 g/mol. The highest BCUT2D eigenvalue weighted by molar-refractivity contribution is 6.34. The molecule has 0 aliphatic rings. The lowest BCUT2D eigenvalue weighted by Crippen LogP contribution is -2.33. The fourth-order valence-corrected chi connectivity index (χ4v) is 3.03. The maximum Gasteiger partial charge on any atom is 0.251 e. The van der Waals surface area contributed by atoms with Crippen molar-refractivity contribution >= 4 is 40.7 Å². The Morgan fingerprint density at radius 2 is 1.79 bits per heavy atom. The van der Waals surface area contributed by atoms with Gasteiger partial charge in [0.15, 0.2) is 11.5 Å². The maximum absolute atomic E-state index is 12.5. The standard InChI is InChI=1S/C21H24Cl2N2O4/c1-4-8-29-20-16(23)10-14(11-18(20)28-5-2)21(27)24-12-19(26)25-17-7-6-13(3)9-15(17)22/h6-7,9-11H,4-5,8,12H2,1-3H3,(H,24,27)(H,25,26). The van der Waals surface area contributed by atoms with Crippen molar-refractivity contribution in [2.75, 3.05) is 25.1 Å². The quantitative estimate of drug-likeness (QED) is 0.585. The van der Waals surface area contributed by atoms with Crippen LogP contribution in [0.5, 0.6) is 11.5 Å². The zero-order valence-corrected chi connectivity index (χ0v) is 18.1. The molecule has 0 aliphatic heterocycles. The number of carbonyl (C=O) groups excluding carboxylic acids is 2. The van der Waals surface area contributed by atoms with Crippen LogP contribution in [0.25, 0.3) is 0 Å². The average molecular weight is 439 g/mol. The van der Waals surface area contributed by atoms with Gasteiger partial charge in [-0.2, -0.15) is 0 Å². The molecule has 2 amide bonds. The number of ether oxygens (including phenoxy) is 2. The molecule has 2 aromatic rings. The highest BCUT2D eigenvalue weighted by Crippen LogP contribution is 2.36. The first-order valence-corrected chi connectivity index (χ1v) is 10.0. The van der Waals surface area contributed by atoms with E-state index in [9.17, 15) is 9.59 Å². The lowest BCUT2D eigenvalue weighted by Gasteiger charge is -2.15. The molecular formula is C21H24Cl2N2O4. The summed E-state index contributed by atoms with van der Waals surface area (Å²) < 4.78 is 11.2. The van der Waals surface area contributed by atoms with Crippen LogP contribution in [0.15, 0.2) is 30.3 Å². The van der Waals surface area contributed by atoms with Crippen LogP contribution in [-0.4, -0.2) is 31.6 Å². The number of halogens is 2. The topological polar surface area (TPSA) is 76.7 Å². The number of benzene rings is 2. The van der Waals surface area contributed by atoms with E-state index in [2.05, 4.69) is 10.6 Å². The summed E-state index contributed by atoms with van der Waals surface area (Å²) in [6, 6.07) is 8.32. The highest BCUT2D eigenvalue weighted by atomic mass is 35.5. The third kappa shape index (κ3) is 6.54. The highest BCUT2D eigenvalue weighted by Gasteiger charge is 2.17. The molecule has 0 saturated carbocycles. The van der Waals surface area contributed by atoms with Crippen LogP contribution < -0.4 is 20.1 Å². The second-order valence-corrected chi connectivity index (χ2v) is 7.10. The second kappa shape index (κ2) is 10.9. The van der Waals surface area contributed by atoms with Crippen LogP contribution in [0.3, 0.4) is 0 Å². The predicted octanol–water partition coefficient (Wildman–Crippen LogP) is 4.86. The minimum Gasteiger partial charge on any atom is -0.490 e. The minimum atomic E-state index is -0.458. The van der Waals surface area contributed by atoms with Crippen LogP contribution >= 0.6 is 23.2 Å². The van der Waals surface area contributed by atoms with Crippen molar-refractivity contribution < 1.29 is 19.1 Å². The fraction of sp³-hybridized carbons (Fsp3) is 0.333. The normalized spacial score (nSPS) is 10.4. The van der Waals surface area contributed by atoms with Crippen LogP contribution in [0, 0.1) is 6.92 Å². The lowest BCUT2D eigenvalue weighted by atomic mass is 10.2.